The van der Waals surface area contributed by atoms with E-state index in [2.05, 4.69) is 17.1 Å². The molecule has 2 aromatic heterocycles. The van der Waals surface area contributed by atoms with Crippen molar-refractivity contribution >= 4 is 32.7 Å². The van der Waals surface area contributed by atoms with Crippen LogP contribution in [-0.2, 0) is 6.42 Å². The fraction of sp³-hybridized carbons (Fsp3) is 0.346. The van der Waals surface area contributed by atoms with Crippen LogP contribution in [0.25, 0.3) is 16.0 Å². The Balaban J connectivity index is 1.26. The lowest BCUT2D eigenvalue weighted by Crippen LogP contribution is -2.44. The summed E-state index contributed by atoms with van der Waals surface area (Å²) in [6.07, 6.45) is 2.78. The molecule has 3 heterocycles. The van der Waals surface area contributed by atoms with Gasteiger partial charge in [-0.05, 0) is 68.1 Å². The van der Waals surface area contributed by atoms with Crippen molar-refractivity contribution in [1.82, 2.24) is 20.1 Å². The zero-order valence-electron chi connectivity index (χ0n) is 19.7. The van der Waals surface area contributed by atoms with Crippen molar-refractivity contribution in [3.8, 4) is 11.4 Å². The zero-order valence-corrected chi connectivity index (χ0v) is 20.6. The van der Waals surface area contributed by atoms with Gasteiger partial charge in [-0.2, -0.15) is 10.1 Å². The molecule has 0 saturated carbocycles. The van der Waals surface area contributed by atoms with Gasteiger partial charge >= 0.3 is 0 Å². The van der Waals surface area contributed by atoms with Crippen LogP contribution in [0.5, 0.6) is 5.75 Å². The van der Waals surface area contributed by atoms with Crippen LogP contribution in [0.1, 0.15) is 41.4 Å². The molecule has 1 saturated heterocycles. The van der Waals surface area contributed by atoms with E-state index in [9.17, 15) is 4.79 Å². The number of aromatic nitrogens is 3. The van der Waals surface area contributed by atoms with Gasteiger partial charge in [0.05, 0.1) is 23.2 Å². The number of anilines is 1. The number of carbonyl (C=O) groups excluding carboxylic acids is 1. The van der Waals surface area contributed by atoms with Crippen molar-refractivity contribution in [2.45, 2.75) is 39.2 Å². The van der Waals surface area contributed by atoms with E-state index in [0.717, 1.165) is 70.5 Å². The molecule has 0 bridgehead atoms. The van der Waals surface area contributed by atoms with Crippen LogP contribution in [0, 0.1) is 6.92 Å². The van der Waals surface area contributed by atoms with Crippen LogP contribution in [0.3, 0.4) is 0 Å². The summed E-state index contributed by atoms with van der Waals surface area (Å²) in [5, 5.41) is 8.92. The molecule has 1 fully saturated rings. The van der Waals surface area contributed by atoms with Gasteiger partial charge in [-0.25, -0.2) is 4.68 Å². The second kappa shape index (κ2) is 9.46. The van der Waals surface area contributed by atoms with E-state index in [1.165, 1.54) is 5.56 Å². The number of thiazole rings is 1. The van der Waals surface area contributed by atoms with Crippen molar-refractivity contribution in [2.75, 3.05) is 25.1 Å². The highest BCUT2D eigenvalue weighted by Gasteiger charge is 2.25. The van der Waals surface area contributed by atoms with Gasteiger partial charge in [0.15, 0.2) is 10.8 Å². The van der Waals surface area contributed by atoms with Crippen LogP contribution >= 0.6 is 11.3 Å². The maximum absolute atomic E-state index is 12.6. The number of carbonyl (C=O) groups is 1. The lowest BCUT2D eigenvalue weighted by Gasteiger charge is -2.32. The Kier molecular flexibility index (Phi) is 6.24. The summed E-state index contributed by atoms with van der Waals surface area (Å²) in [5.41, 5.74) is 4.79. The fourth-order valence-corrected chi connectivity index (χ4v) is 5.38. The number of rotatable bonds is 6. The summed E-state index contributed by atoms with van der Waals surface area (Å²) in [7, 11) is 1.66. The predicted octanol–water partition coefficient (Wildman–Crippen LogP) is 4.76. The number of nitrogens with zero attached hydrogens (tertiary/aromatic N) is 4. The number of hydrogen-bond donors (Lipinski definition) is 1. The normalized spacial score (nSPS) is 14.5. The zero-order chi connectivity index (χ0) is 23.7. The molecule has 1 aliphatic rings. The number of methoxy groups -OCH3 is 1. The summed E-state index contributed by atoms with van der Waals surface area (Å²) >= 11 is 1.69. The molecule has 34 heavy (non-hydrogen) atoms. The summed E-state index contributed by atoms with van der Waals surface area (Å²) < 4.78 is 8.28. The number of hydrogen-bond acceptors (Lipinski definition) is 6. The molecule has 1 aliphatic heterocycles. The first-order valence-corrected chi connectivity index (χ1v) is 12.5. The minimum absolute atomic E-state index is 0.0105. The summed E-state index contributed by atoms with van der Waals surface area (Å²) in [4.78, 5) is 19.9. The minimum Gasteiger partial charge on any atom is -0.497 e. The number of amides is 1. The van der Waals surface area contributed by atoms with Crippen molar-refractivity contribution in [2.24, 2.45) is 0 Å². The van der Waals surface area contributed by atoms with E-state index in [1.807, 2.05) is 60.1 Å². The first-order valence-electron chi connectivity index (χ1n) is 11.7. The van der Waals surface area contributed by atoms with Crippen LogP contribution in [-0.4, -0.2) is 46.9 Å². The van der Waals surface area contributed by atoms with Crippen molar-refractivity contribution < 1.29 is 9.53 Å². The summed E-state index contributed by atoms with van der Waals surface area (Å²) in [5.74, 6) is 0.826. The van der Waals surface area contributed by atoms with Crippen molar-refractivity contribution in [1.29, 1.82) is 0 Å². The Bertz CT molecular complexity index is 1290. The van der Waals surface area contributed by atoms with Crippen LogP contribution in [0.15, 0.2) is 48.5 Å². The van der Waals surface area contributed by atoms with E-state index in [-0.39, 0.29) is 11.9 Å². The lowest BCUT2D eigenvalue weighted by atomic mass is 10.0. The topological polar surface area (TPSA) is 72.3 Å². The molecule has 4 aromatic rings. The summed E-state index contributed by atoms with van der Waals surface area (Å²) in [6, 6.07) is 15.9. The van der Waals surface area contributed by atoms with Crippen molar-refractivity contribution in [3.63, 3.8) is 0 Å². The quantitative estimate of drug-likeness (QED) is 0.435. The van der Waals surface area contributed by atoms with E-state index in [1.54, 1.807) is 18.4 Å². The SMILES string of the molecule is CCc1ccc(C(=O)NC2CCN(c3nc4c(s3)c(C)nn4-c3ccc(OC)cc3)CC2)cc1. The van der Waals surface area contributed by atoms with Gasteiger partial charge < -0.3 is 15.0 Å². The smallest absolute Gasteiger partial charge is 0.251 e. The monoisotopic (exact) mass is 475 g/mol. The number of fused-ring (bicyclic) bond motifs is 1. The molecular formula is C26H29N5O2S. The molecule has 8 heteroatoms. The number of piperidine rings is 1. The Hall–Kier alpha value is -3.39. The van der Waals surface area contributed by atoms with Gasteiger partial charge in [-0.15, -0.1) is 0 Å². The Morgan fingerprint density at radius 3 is 2.47 bits per heavy atom. The molecule has 5 rings (SSSR count). The molecule has 0 unspecified atom stereocenters. The molecule has 2 aromatic carbocycles. The van der Waals surface area contributed by atoms with Crippen LogP contribution < -0.4 is 15.0 Å². The van der Waals surface area contributed by atoms with E-state index in [4.69, 9.17) is 14.8 Å². The van der Waals surface area contributed by atoms with Crippen LogP contribution in [0.2, 0.25) is 0 Å². The van der Waals surface area contributed by atoms with Gasteiger partial charge in [0.2, 0.25) is 0 Å². The minimum atomic E-state index is 0.0105. The molecule has 0 spiro atoms. The second-order valence-corrected chi connectivity index (χ2v) is 9.61. The molecule has 0 aliphatic carbocycles. The average molecular weight is 476 g/mol. The molecule has 7 nitrogen and oxygen atoms in total. The summed E-state index contributed by atoms with van der Waals surface area (Å²) in [6.45, 7) is 5.87. The van der Waals surface area contributed by atoms with Gasteiger partial charge in [0.25, 0.3) is 5.91 Å². The molecular weight excluding hydrogens is 446 g/mol. The molecule has 176 valence electrons. The van der Waals surface area contributed by atoms with Gasteiger partial charge in [0.1, 0.15) is 5.75 Å². The molecule has 0 atom stereocenters. The molecule has 1 N–H and O–H groups in total. The Morgan fingerprint density at radius 2 is 1.82 bits per heavy atom. The predicted molar refractivity (Wildman–Crippen MR) is 137 cm³/mol. The van der Waals surface area contributed by atoms with Crippen LogP contribution in [0.4, 0.5) is 5.13 Å². The largest absolute Gasteiger partial charge is 0.497 e. The van der Waals surface area contributed by atoms with Gasteiger partial charge in [0, 0.05) is 24.7 Å². The second-order valence-electron chi connectivity index (χ2n) is 8.63. The van der Waals surface area contributed by atoms with Crippen molar-refractivity contribution in [3.05, 3.63) is 65.4 Å². The number of benzene rings is 2. The number of ether oxygens (including phenoxy) is 1. The van der Waals surface area contributed by atoms with Gasteiger partial charge in [-0.1, -0.05) is 30.4 Å². The maximum atomic E-state index is 12.6. The first kappa shape index (κ1) is 22.4. The highest BCUT2D eigenvalue weighted by atomic mass is 32.1. The number of nitrogens with one attached hydrogen (secondary N) is 1. The van der Waals surface area contributed by atoms with E-state index >= 15 is 0 Å². The molecule has 1 amide bonds. The van der Waals surface area contributed by atoms with Gasteiger partial charge in [-0.3, -0.25) is 4.79 Å². The third-order valence-electron chi connectivity index (χ3n) is 6.42. The standard InChI is InChI=1S/C26H29N5O2S/c1-4-18-5-7-19(8-6-18)25(32)27-20-13-15-30(16-14-20)26-28-24-23(34-26)17(2)29-31(24)21-9-11-22(33-3)12-10-21/h5-12,20H,4,13-16H2,1-3H3,(H,27,32). The Labute approximate surface area is 203 Å². The van der Waals surface area contributed by atoms with E-state index in [0.29, 0.717) is 0 Å². The number of aryl methyl sites for hydroxylation is 2. The lowest BCUT2D eigenvalue weighted by molar-refractivity contribution is 0.0931. The molecule has 0 radical (unpaired) electrons. The Morgan fingerprint density at radius 1 is 1.12 bits per heavy atom. The highest BCUT2D eigenvalue weighted by molar-refractivity contribution is 7.22. The fourth-order valence-electron chi connectivity index (χ4n) is 4.34. The first-order chi connectivity index (χ1) is 16.6. The van der Waals surface area contributed by atoms with E-state index < -0.39 is 0 Å². The third-order valence-corrected chi connectivity index (χ3v) is 7.63. The maximum Gasteiger partial charge on any atom is 0.251 e. The highest BCUT2D eigenvalue weighted by Crippen LogP contribution is 2.34. The third kappa shape index (κ3) is 4.37. The average Bonchev–Trinajstić information content (AvgIpc) is 3.45.